The molecule has 3 aromatic rings. The first-order chi connectivity index (χ1) is 11.5. The number of ether oxygens (including phenoxy) is 1. The predicted octanol–water partition coefficient (Wildman–Crippen LogP) is 3.13. The number of alkyl halides is 2. The average molecular weight is 332 g/mol. The Morgan fingerprint density at radius 3 is 2.75 bits per heavy atom. The maximum atomic E-state index is 13.7. The number of aromatic nitrogens is 5. The molecule has 3 aromatic heterocycles. The number of rotatable bonds is 5. The van der Waals surface area contributed by atoms with Crippen molar-refractivity contribution >= 4 is 11.5 Å². The fraction of sp³-hybridized carbons (Fsp3) is 0.200. The lowest BCUT2D eigenvalue weighted by Crippen LogP contribution is -2.14. The molecule has 0 aliphatic rings. The molecule has 0 aliphatic heterocycles. The lowest BCUT2D eigenvalue weighted by molar-refractivity contribution is 0.00795. The van der Waals surface area contributed by atoms with E-state index in [9.17, 15) is 8.78 Å². The van der Waals surface area contributed by atoms with Gasteiger partial charge in [-0.25, -0.2) is 9.97 Å². The van der Waals surface area contributed by atoms with Crippen LogP contribution in [0.4, 0.5) is 20.3 Å². The maximum Gasteiger partial charge on any atom is 0.303 e. The Bertz CT molecular complexity index is 832. The fourth-order valence-corrected chi connectivity index (χ4v) is 2.03. The molecule has 0 atom stereocenters. The highest BCUT2D eigenvalue weighted by Crippen LogP contribution is 2.30. The van der Waals surface area contributed by atoms with Crippen LogP contribution in [0.25, 0.3) is 11.3 Å². The molecule has 0 bridgehead atoms. The largest absolute Gasteiger partial charge is 0.493 e. The highest BCUT2D eigenvalue weighted by Gasteiger charge is 2.29. The molecule has 0 fully saturated rings. The second-order valence-electron chi connectivity index (χ2n) is 5.04. The van der Waals surface area contributed by atoms with Crippen LogP contribution in [0.15, 0.2) is 36.9 Å². The molecule has 9 heteroatoms. The number of aromatic amines is 1. The van der Waals surface area contributed by atoms with Crippen molar-refractivity contribution in [2.75, 3.05) is 12.4 Å². The van der Waals surface area contributed by atoms with Gasteiger partial charge in [-0.05, 0) is 6.07 Å². The summed E-state index contributed by atoms with van der Waals surface area (Å²) in [6, 6.07) is 3.21. The van der Waals surface area contributed by atoms with Crippen molar-refractivity contribution in [2.24, 2.45) is 0 Å². The van der Waals surface area contributed by atoms with Gasteiger partial charge in [-0.3, -0.25) is 10.1 Å². The van der Waals surface area contributed by atoms with Crippen LogP contribution in [-0.2, 0) is 5.92 Å². The van der Waals surface area contributed by atoms with Gasteiger partial charge in [0.15, 0.2) is 5.75 Å². The molecule has 0 saturated carbocycles. The summed E-state index contributed by atoms with van der Waals surface area (Å²) >= 11 is 0. The zero-order chi connectivity index (χ0) is 17.2. The van der Waals surface area contributed by atoms with Crippen molar-refractivity contribution in [2.45, 2.75) is 12.8 Å². The maximum absolute atomic E-state index is 13.7. The Hall–Kier alpha value is -3.10. The molecule has 3 heterocycles. The minimum atomic E-state index is -3.18. The lowest BCUT2D eigenvalue weighted by Gasteiger charge is -2.14. The van der Waals surface area contributed by atoms with E-state index in [2.05, 4.69) is 30.5 Å². The van der Waals surface area contributed by atoms with Crippen LogP contribution in [0.5, 0.6) is 5.75 Å². The van der Waals surface area contributed by atoms with E-state index in [-0.39, 0.29) is 5.82 Å². The van der Waals surface area contributed by atoms with Crippen LogP contribution >= 0.6 is 0 Å². The van der Waals surface area contributed by atoms with Gasteiger partial charge in [0.25, 0.3) is 0 Å². The molecule has 0 amide bonds. The number of halogens is 2. The zero-order valence-electron chi connectivity index (χ0n) is 12.9. The number of anilines is 2. The Morgan fingerprint density at radius 1 is 1.25 bits per heavy atom. The molecular weight excluding hydrogens is 318 g/mol. The first-order valence-electron chi connectivity index (χ1n) is 6.99. The van der Waals surface area contributed by atoms with Gasteiger partial charge in [-0.2, -0.15) is 13.9 Å². The van der Waals surface area contributed by atoms with Crippen LogP contribution in [0, 0.1) is 0 Å². The summed E-state index contributed by atoms with van der Waals surface area (Å²) in [6.45, 7) is 0.748. The molecule has 0 spiro atoms. The van der Waals surface area contributed by atoms with E-state index in [0.29, 0.717) is 22.7 Å². The molecule has 2 N–H and O–H groups in total. The standard InChI is InChI=1S/C15H14F2N6O/c1-15(16,17)14-22-11(9-6-19-20-7-9)5-13(23-14)21-10-3-4-18-8-12(10)24-2/h3-8H,1-2H3,(H,19,20)(H,18,21,22,23). The van der Waals surface area contributed by atoms with Crippen molar-refractivity contribution in [1.29, 1.82) is 0 Å². The van der Waals surface area contributed by atoms with Gasteiger partial charge in [-0.1, -0.05) is 0 Å². The van der Waals surface area contributed by atoms with E-state index in [1.54, 1.807) is 24.5 Å². The van der Waals surface area contributed by atoms with Gasteiger partial charge in [0.05, 0.1) is 30.9 Å². The van der Waals surface area contributed by atoms with Crippen LogP contribution in [-0.4, -0.2) is 32.3 Å². The van der Waals surface area contributed by atoms with Gasteiger partial charge in [0.1, 0.15) is 5.82 Å². The molecule has 0 unspecified atom stereocenters. The summed E-state index contributed by atoms with van der Waals surface area (Å²) in [5.41, 5.74) is 1.45. The van der Waals surface area contributed by atoms with E-state index < -0.39 is 11.7 Å². The molecular formula is C15H14F2N6O. The zero-order valence-corrected chi connectivity index (χ0v) is 12.9. The van der Waals surface area contributed by atoms with Crippen molar-refractivity contribution in [3.63, 3.8) is 0 Å². The number of hydrogen-bond acceptors (Lipinski definition) is 6. The SMILES string of the molecule is COc1cnccc1Nc1cc(-c2cn[nH]c2)nc(C(C)(F)F)n1. The third-order valence-corrected chi connectivity index (χ3v) is 3.18. The molecule has 0 radical (unpaired) electrons. The van der Waals surface area contributed by atoms with Gasteiger partial charge in [0.2, 0.25) is 5.82 Å². The Kier molecular flexibility index (Phi) is 4.07. The molecule has 124 valence electrons. The van der Waals surface area contributed by atoms with E-state index in [1.165, 1.54) is 19.5 Å². The van der Waals surface area contributed by atoms with Gasteiger partial charge >= 0.3 is 5.92 Å². The molecule has 0 aromatic carbocycles. The predicted molar refractivity (Wildman–Crippen MR) is 83.3 cm³/mol. The van der Waals surface area contributed by atoms with E-state index in [0.717, 1.165) is 6.92 Å². The second-order valence-corrected chi connectivity index (χ2v) is 5.04. The van der Waals surface area contributed by atoms with Crippen LogP contribution < -0.4 is 10.1 Å². The summed E-state index contributed by atoms with van der Waals surface area (Å²) in [5.74, 6) is -3.09. The average Bonchev–Trinajstić information content (AvgIpc) is 3.09. The highest BCUT2D eigenvalue weighted by molar-refractivity contribution is 5.67. The minimum Gasteiger partial charge on any atom is -0.493 e. The van der Waals surface area contributed by atoms with E-state index in [1.807, 2.05) is 0 Å². The second kappa shape index (κ2) is 6.19. The first kappa shape index (κ1) is 15.8. The monoisotopic (exact) mass is 332 g/mol. The van der Waals surface area contributed by atoms with Gasteiger partial charge in [-0.15, -0.1) is 0 Å². The third kappa shape index (κ3) is 3.29. The molecule has 0 aliphatic carbocycles. The molecule has 7 nitrogen and oxygen atoms in total. The van der Waals surface area contributed by atoms with Crippen molar-refractivity contribution in [3.05, 3.63) is 42.7 Å². The fourth-order valence-electron chi connectivity index (χ4n) is 2.03. The minimum absolute atomic E-state index is 0.210. The molecule has 3 rings (SSSR count). The number of H-pyrrole nitrogens is 1. The third-order valence-electron chi connectivity index (χ3n) is 3.18. The van der Waals surface area contributed by atoms with Crippen LogP contribution in [0.2, 0.25) is 0 Å². The van der Waals surface area contributed by atoms with Crippen molar-refractivity contribution in [1.82, 2.24) is 25.1 Å². The summed E-state index contributed by atoms with van der Waals surface area (Å²) < 4.78 is 32.6. The van der Waals surface area contributed by atoms with Crippen LogP contribution in [0.3, 0.4) is 0 Å². The van der Waals surface area contributed by atoms with E-state index in [4.69, 9.17) is 4.74 Å². The Balaban J connectivity index is 2.05. The molecule has 0 saturated heterocycles. The number of nitrogens with zero attached hydrogens (tertiary/aromatic N) is 4. The Labute approximate surface area is 136 Å². The summed E-state index contributed by atoms with van der Waals surface area (Å²) in [5, 5.41) is 9.40. The van der Waals surface area contributed by atoms with Crippen molar-refractivity contribution < 1.29 is 13.5 Å². The Morgan fingerprint density at radius 2 is 2.08 bits per heavy atom. The summed E-state index contributed by atoms with van der Waals surface area (Å²) in [4.78, 5) is 11.8. The molecule has 24 heavy (non-hydrogen) atoms. The summed E-state index contributed by atoms with van der Waals surface area (Å²) in [7, 11) is 1.49. The van der Waals surface area contributed by atoms with Gasteiger partial charge in [0, 0.05) is 30.9 Å². The number of hydrogen-bond donors (Lipinski definition) is 2. The van der Waals surface area contributed by atoms with Gasteiger partial charge < -0.3 is 10.1 Å². The lowest BCUT2D eigenvalue weighted by atomic mass is 10.2. The van der Waals surface area contributed by atoms with Crippen molar-refractivity contribution in [3.8, 4) is 17.0 Å². The highest BCUT2D eigenvalue weighted by atomic mass is 19.3. The number of pyridine rings is 1. The number of nitrogens with one attached hydrogen (secondary N) is 2. The topological polar surface area (TPSA) is 88.6 Å². The van der Waals surface area contributed by atoms with E-state index >= 15 is 0 Å². The smallest absolute Gasteiger partial charge is 0.303 e. The normalized spacial score (nSPS) is 11.3. The first-order valence-corrected chi connectivity index (χ1v) is 6.99. The summed E-state index contributed by atoms with van der Waals surface area (Å²) in [6.07, 6.45) is 6.13. The van der Waals surface area contributed by atoms with Crippen LogP contribution in [0.1, 0.15) is 12.7 Å². The quantitative estimate of drug-likeness (QED) is 0.746. The number of methoxy groups -OCH3 is 1.